The summed E-state index contributed by atoms with van der Waals surface area (Å²) in [5.74, 6) is 0. The Morgan fingerprint density at radius 3 is 2.76 bits per heavy atom. The van der Waals surface area contributed by atoms with Crippen LogP contribution in [0.4, 0.5) is 5.13 Å². The normalized spacial score (nSPS) is 16.8. The molecular formula is C16H24N4S. The lowest BCUT2D eigenvalue weighted by Crippen LogP contribution is -2.46. The molecule has 114 valence electrons. The van der Waals surface area contributed by atoms with Crippen LogP contribution in [0.25, 0.3) is 10.2 Å². The van der Waals surface area contributed by atoms with Crippen LogP contribution in [0.2, 0.25) is 0 Å². The van der Waals surface area contributed by atoms with Gasteiger partial charge in [0.2, 0.25) is 0 Å². The highest BCUT2D eigenvalue weighted by molar-refractivity contribution is 7.22. The van der Waals surface area contributed by atoms with Crippen molar-refractivity contribution in [3.63, 3.8) is 0 Å². The average Bonchev–Trinajstić information content (AvgIpc) is 2.97. The summed E-state index contributed by atoms with van der Waals surface area (Å²) in [5, 5.41) is 1.18. The Kier molecular flexibility index (Phi) is 4.73. The van der Waals surface area contributed by atoms with Gasteiger partial charge in [-0.2, -0.15) is 0 Å². The molecular weight excluding hydrogens is 280 g/mol. The minimum absolute atomic E-state index is 0.790. The van der Waals surface area contributed by atoms with Crippen LogP contribution in [-0.4, -0.2) is 49.2 Å². The third kappa shape index (κ3) is 3.20. The van der Waals surface area contributed by atoms with Gasteiger partial charge in [-0.15, -0.1) is 0 Å². The number of aromatic nitrogens is 1. The Balaban J connectivity index is 1.71. The van der Waals surface area contributed by atoms with Crippen LogP contribution in [0.3, 0.4) is 0 Å². The SMILES string of the molecule is CCc1cccc2nc(N3CCN(CCCN)CC3)sc12. The minimum Gasteiger partial charge on any atom is -0.345 e. The largest absolute Gasteiger partial charge is 0.345 e. The first-order valence-electron chi connectivity index (χ1n) is 7.87. The van der Waals surface area contributed by atoms with E-state index in [1.54, 1.807) is 0 Å². The van der Waals surface area contributed by atoms with Crippen LogP contribution in [-0.2, 0) is 6.42 Å². The summed E-state index contributed by atoms with van der Waals surface area (Å²) in [6, 6.07) is 6.47. The predicted octanol–water partition coefficient (Wildman–Crippen LogP) is 2.33. The Bertz CT molecular complexity index is 587. The number of aryl methyl sites for hydroxylation is 1. The van der Waals surface area contributed by atoms with Crippen LogP contribution in [0, 0.1) is 0 Å². The number of hydrogen-bond donors (Lipinski definition) is 1. The number of nitrogens with zero attached hydrogens (tertiary/aromatic N) is 3. The Morgan fingerprint density at radius 1 is 1.24 bits per heavy atom. The summed E-state index contributed by atoms with van der Waals surface area (Å²) in [6.07, 6.45) is 2.17. The molecule has 0 radical (unpaired) electrons. The molecule has 5 heteroatoms. The lowest BCUT2D eigenvalue weighted by molar-refractivity contribution is 0.256. The van der Waals surface area contributed by atoms with Gasteiger partial charge in [-0.05, 0) is 37.6 Å². The van der Waals surface area contributed by atoms with E-state index in [-0.39, 0.29) is 0 Å². The molecule has 1 saturated heterocycles. The molecule has 1 aromatic heterocycles. The molecule has 2 N–H and O–H groups in total. The minimum atomic E-state index is 0.790. The van der Waals surface area contributed by atoms with Crippen molar-refractivity contribution in [3.05, 3.63) is 23.8 Å². The fourth-order valence-corrected chi connectivity index (χ4v) is 4.09. The molecule has 0 spiro atoms. The van der Waals surface area contributed by atoms with E-state index in [0.29, 0.717) is 0 Å². The topological polar surface area (TPSA) is 45.4 Å². The van der Waals surface area contributed by atoms with Gasteiger partial charge in [-0.1, -0.05) is 30.4 Å². The second-order valence-electron chi connectivity index (χ2n) is 5.59. The molecule has 21 heavy (non-hydrogen) atoms. The summed E-state index contributed by atoms with van der Waals surface area (Å²) in [6.45, 7) is 8.53. The molecule has 0 bridgehead atoms. The first kappa shape index (κ1) is 14.8. The first-order chi connectivity index (χ1) is 10.3. The summed E-state index contributed by atoms with van der Waals surface area (Å²) >= 11 is 1.85. The van der Waals surface area contributed by atoms with E-state index < -0.39 is 0 Å². The summed E-state index contributed by atoms with van der Waals surface area (Å²) in [5.41, 5.74) is 8.16. The average molecular weight is 304 g/mol. The summed E-state index contributed by atoms with van der Waals surface area (Å²) < 4.78 is 1.36. The Morgan fingerprint density at radius 2 is 2.05 bits per heavy atom. The summed E-state index contributed by atoms with van der Waals surface area (Å²) in [7, 11) is 0. The van der Waals surface area contributed by atoms with Gasteiger partial charge in [0.1, 0.15) is 0 Å². The predicted molar refractivity (Wildman–Crippen MR) is 91.3 cm³/mol. The van der Waals surface area contributed by atoms with Gasteiger partial charge < -0.3 is 10.6 Å². The van der Waals surface area contributed by atoms with Crippen LogP contribution in [0.5, 0.6) is 0 Å². The van der Waals surface area contributed by atoms with Crippen LogP contribution >= 0.6 is 11.3 Å². The smallest absolute Gasteiger partial charge is 0.186 e. The highest BCUT2D eigenvalue weighted by atomic mass is 32.1. The number of hydrogen-bond acceptors (Lipinski definition) is 5. The summed E-state index contributed by atoms with van der Waals surface area (Å²) in [4.78, 5) is 9.78. The molecule has 0 amide bonds. The van der Waals surface area contributed by atoms with E-state index in [9.17, 15) is 0 Å². The van der Waals surface area contributed by atoms with Gasteiger partial charge in [0.15, 0.2) is 5.13 Å². The number of rotatable bonds is 5. The van der Waals surface area contributed by atoms with E-state index >= 15 is 0 Å². The first-order valence-corrected chi connectivity index (χ1v) is 8.69. The van der Waals surface area contributed by atoms with E-state index in [4.69, 9.17) is 10.7 Å². The molecule has 0 unspecified atom stereocenters. The molecule has 1 aromatic carbocycles. The van der Waals surface area contributed by atoms with Gasteiger partial charge in [-0.25, -0.2) is 4.98 Å². The molecule has 1 aliphatic heterocycles. The number of nitrogens with two attached hydrogens (primary N) is 1. The van der Waals surface area contributed by atoms with E-state index in [0.717, 1.165) is 57.6 Å². The Hall–Kier alpha value is -1.17. The van der Waals surface area contributed by atoms with Gasteiger partial charge in [-0.3, -0.25) is 4.90 Å². The highest BCUT2D eigenvalue weighted by Gasteiger charge is 2.19. The van der Waals surface area contributed by atoms with Crippen molar-refractivity contribution in [1.82, 2.24) is 9.88 Å². The number of anilines is 1. The second kappa shape index (κ2) is 6.73. The van der Waals surface area contributed by atoms with Crippen molar-refractivity contribution in [2.24, 2.45) is 5.73 Å². The molecule has 4 nitrogen and oxygen atoms in total. The van der Waals surface area contributed by atoms with E-state index in [1.165, 1.54) is 15.4 Å². The third-order valence-corrected chi connectivity index (χ3v) is 5.39. The van der Waals surface area contributed by atoms with Crippen LogP contribution < -0.4 is 10.6 Å². The number of piperazine rings is 1. The molecule has 0 aliphatic carbocycles. The van der Waals surface area contributed by atoms with Crippen molar-refractivity contribution < 1.29 is 0 Å². The third-order valence-electron chi connectivity index (χ3n) is 4.19. The molecule has 3 rings (SSSR count). The zero-order chi connectivity index (χ0) is 14.7. The van der Waals surface area contributed by atoms with Gasteiger partial charge in [0.25, 0.3) is 0 Å². The number of benzene rings is 1. The number of fused-ring (bicyclic) bond motifs is 1. The maximum absolute atomic E-state index is 5.59. The maximum atomic E-state index is 5.59. The monoisotopic (exact) mass is 304 g/mol. The second-order valence-corrected chi connectivity index (χ2v) is 6.56. The molecule has 0 atom stereocenters. The highest BCUT2D eigenvalue weighted by Crippen LogP contribution is 2.32. The molecule has 2 aromatic rings. The van der Waals surface area contributed by atoms with Crippen molar-refractivity contribution >= 4 is 26.7 Å². The van der Waals surface area contributed by atoms with Crippen molar-refractivity contribution in [2.75, 3.05) is 44.2 Å². The molecule has 0 saturated carbocycles. The quantitative estimate of drug-likeness (QED) is 0.921. The van der Waals surface area contributed by atoms with Crippen molar-refractivity contribution in [1.29, 1.82) is 0 Å². The fraction of sp³-hybridized carbons (Fsp3) is 0.562. The lowest BCUT2D eigenvalue weighted by Gasteiger charge is -2.34. The fourth-order valence-electron chi connectivity index (χ4n) is 2.89. The zero-order valence-electron chi connectivity index (χ0n) is 12.7. The van der Waals surface area contributed by atoms with Crippen LogP contribution in [0.15, 0.2) is 18.2 Å². The lowest BCUT2D eigenvalue weighted by atomic mass is 10.2. The van der Waals surface area contributed by atoms with E-state index in [1.807, 2.05) is 11.3 Å². The molecule has 1 aliphatic rings. The van der Waals surface area contributed by atoms with Crippen molar-refractivity contribution in [2.45, 2.75) is 19.8 Å². The standard InChI is InChI=1S/C16H24N4S/c1-2-13-5-3-6-14-15(13)21-16(18-14)20-11-9-19(10-12-20)8-4-7-17/h3,5-6H,2,4,7-12,17H2,1H3. The van der Waals surface area contributed by atoms with Gasteiger partial charge in [0, 0.05) is 26.2 Å². The van der Waals surface area contributed by atoms with Gasteiger partial charge >= 0.3 is 0 Å². The zero-order valence-corrected chi connectivity index (χ0v) is 13.5. The molecule has 1 fully saturated rings. The molecule has 2 heterocycles. The van der Waals surface area contributed by atoms with E-state index in [2.05, 4.69) is 34.9 Å². The van der Waals surface area contributed by atoms with Crippen molar-refractivity contribution in [3.8, 4) is 0 Å². The maximum Gasteiger partial charge on any atom is 0.186 e. The number of thiazole rings is 1. The Labute approximate surface area is 130 Å². The van der Waals surface area contributed by atoms with Crippen LogP contribution in [0.1, 0.15) is 18.9 Å². The van der Waals surface area contributed by atoms with Gasteiger partial charge in [0.05, 0.1) is 10.2 Å².